The quantitative estimate of drug-likeness (QED) is 0.798. The lowest BCUT2D eigenvalue weighted by molar-refractivity contribution is 0.192. The van der Waals surface area contributed by atoms with Crippen LogP contribution in [-0.4, -0.2) is 17.0 Å². The van der Waals surface area contributed by atoms with Crippen LogP contribution in [0.1, 0.15) is 47.0 Å². The highest BCUT2D eigenvalue weighted by molar-refractivity contribution is 7.99. The molecule has 4 unspecified atom stereocenters. The first-order valence-electron chi connectivity index (χ1n) is 6.38. The van der Waals surface area contributed by atoms with E-state index in [2.05, 4.69) is 27.7 Å². The first kappa shape index (κ1) is 13.4. The predicted molar refractivity (Wildman–Crippen MR) is 71.2 cm³/mol. The van der Waals surface area contributed by atoms with Gasteiger partial charge in [-0.1, -0.05) is 34.1 Å². The van der Waals surface area contributed by atoms with Gasteiger partial charge < -0.3 is 5.73 Å². The van der Waals surface area contributed by atoms with Crippen molar-refractivity contribution in [3.8, 4) is 0 Å². The van der Waals surface area contributed by atoms with Crippen LogP contribution < -0.4 is 5.73 Å². The molecule has 0 aromatic heterocycles. The maximum Gasteiger partial charge on any atom is 0.0159 e. The van der Waals surface area contributed by atoms with E-state index in [4.69, 9.17) is 5.73 Å². The molecule has 0 saturated heterocycles. The highest BCUT2D eigenvalue weighted by Crippen LogP contribution is 2.35. The second kappa shape index (κ2) is 6.15. The van der Waals surface area contributed by atoms with Crippen LogP contribution >= 0.6 is 11.8 Å². The standard InChI is InChI=1S/C13H27NS/c1-9(2)15-8-13(14)12-6-5-10(3)11(4)7-12/h9-13H,5-8,14H2,1-4H3. The molecule has 0 radical (unpaired) electrons. The maximum atomic E-state index is 6.28. The Kier molecular flexibility index (Phi) is 5.48. The van der Waals surface area contributed by atoms with Gasteiger partial charge in [0.15, 0.2) is 0 Å². The summed E-state index contributed by atoms with van der Waals surface area (Å²) in [5.74, 6) is 3.70. The van der Waals surface area contributed by atoms with Crippen molar-refractivity contribution in [2.45, 2.75) is 58.2 Å². The molecule has 1 aliphatic rings. The first-order chi connectivity index (χ1) is 7.00. The third-order valence-electron chi connectivity index (χ3n) is 3.87. The summed E-state index contributed by atoms with van der Waals surface area (Å²) in [5, 5.41) is 0.719. The van der Waals surface area contributed by atoms with Crippen LogP contribution in [0.5, 0.6) is 0 Å². The summed E-state index contributed by atoms with van der Waals surface area (Å²) < 4.78 is 0. The van der Waals surface area contributed by atoms with E-state index in [0.717, 1.165) is 28.8 Å². The molecular formula is C13H27NS. The summed E-state index contributed by atoms with van der Waals surface area (Å²) in [6, 6.07) is 0.423. The van der Waals surface area contributed by atoms with Crippen LogP contribution in [0.25, 0.3) is 0 Å². The molecule has 1 saturated carbocycles. The van der Waals surface area contributed by atoms with Crippen LogP contribution in [0.3, 0.4) is 0 Å². The van der Waals surface area contributed by atoms with Gasteiger partial charge in [-0.2, -0.15) is 11.8 Å². The highest BCUT2D eigenvalue weighted by atomic mass is 32.2. The number of nitrogens with two attached hydrogens (primary N) is 1. The smallest absolute Gasteiger partial charge is 0.0159 e. The van der Waals surface area contributed by atoms with E-state index in [1.54, 1.807) is 0 Å². The Balaban J connectivity index is 2.30. The predicted octanol–water partition coefficient (Wildman–Crippen LogP) is 3.53. The minimum atomic E-state index is 0.423. The largest absolute Gasteiger partial charge is 0.327 e. The molecule has 0 amide bonds. The van der Waals surface area contributed by atoms with Gasteiger partial charge in [-0.3, -0.25) is 0 Å². The lowest BCUT2D eigenvalue weighted by Gasteiger charge is -2.35. The molecule has 4 atom stereocenters. The minimum absolute atomic E-state index is 0.423. The van der Waals surface area contributed by atoms with E-state index >= 15 is 0 Å². The summed E-state index contributed by atoms with van der Waals surface area (Å²) >= 11 is 2.01. The van der Waals surface area contributed by atoms with Crippen molar-refractivity contribution >= 4 is 11.8 Å². The van der Waals surface area contributed by atoms with Gasteiger partial charge in [0.05, 0.1) is 0 Å². The fraction of sp³-hybridized carbons (Fsp3) is 1.00. The van der Waals surface area contributed by atoms with Gasteiger partial charge in [0.2, 0.25) is 0 Å². The monoisotopic (exact) mass is 229 g/mol. The minimum Gasteiger partial charge on any atom is -0.327 e. The summed E-state index contributed by atoms with van der Waals surface area (Å²) in [6.45, 7) is 9.28. The molecule has 15 heavy (non-hydrogen) atoms. The lowest BCUT2D eigenvalue weighted by atomic mass is 9.74. The van der Waals surface area contributed by atoms with Crippen LogP contribution in [0.4, 0.5) is 0 Å². The average Bonchev–Trinajstić information content (AvgIpc) is 2.18. The van der Waals surface area contributed by atoms with E-state index in [0.29, 0.717) is 6.04 Å². The molecule has 0 aliphatic heterocycles. The van der Waals surface area contributed by atoms with Crippen molar-refractivity contribution in [3.63, 3.8) is 0 Å². The van der Waals surface area contributed by atoms with E-state index in [1.807, 2.05) is 11.8 Å². The van der Waals surface area contributed by atoms with Crippen molar-refractivity contribution in [1.82, 2.24) is 0 Å². The van der Waals surface area contributed by atoms with Gasteiger partial charge in [0, 0.05) is 11.8 Å². The molecule has 0 aromatic carbocycles. The Morgan fingerprint density at radius 3 is 2.40 bits per heavy atom. The molecule has 1 fully saturated rings. The Labute approximate surface area is 99.6 Å². The van der Waals surface area contributed by atoms with E-state index in [1.165, 1.54) is 19.3 Å². The third kappa shape index (κ3) is 4.36. The molecule has 2 N–H and O–H groups in total. The van der Waals surface area contributed by atoms with Gasteiger partial charge in [-0.15, -0.1) is 0 Å². The van der Waals surface area contributed by atoms with Crippen LogP contribution in [0, 0.1) is 17.8 Å². The zero-order valence-electron chi connectivity index (χ0n) is 10.7. The summed E-state index contributed by atoms with van der Waals surface area (Å²) in [7, 11) is 0. The lowest BCUT2D eigenvalue weighted by Crippen LogP contribution is -2.37. The van der Waals surface area contributed by atoms with E-state index in [-0.39, 0.29) is 0 Å². The highest BCUT2D eigenvalue weighted by Gasteiger charge is 2.28. The number of rotatable bonds is 4. The van der Waals surface area contributed by atoms with Gasteiger partial charge in [0.1, 0.15) is 0 Å². The zero-order chi connectivity index (χ0) is 11.4. The maximum absolute atomic E-state index is 6.28. The van der Waals surface area contributed by atoms with Crippen LogP contribution in [0.15, 0.2) is 0 Å². The molecule has 1 rings (SSSR count). The van der Waals surface area contributed by atoms with Gasteiger partial charge in [-0.05, 0) is 35.8 Å². The Bertz CT molecular complexity index is 181. The first-order valence-corrected chi connectivity index (χ1v) is 7.42. The second-order valence-corrected chi connectivity index (χ2v) is 7.18. The van der Waals surface area contributed by atoms with Crippen molar-refractivity contribution < 1.29 is 0 Å². The Hall–Kier alpha value is 0.310. The van der Waals surface area contributed by atoms with Crippen molar-refractivity contribution in [2.24, 2.45) is 23.5 Å². The fourth-order valence-corrected chi connectivity index (χ4v) is 3.30. The van der Waals surface area contributed by atoms with Crippen molar-refractivity contribution in [1.29, 1.82) is 0 Å². The van der Waals surface area contributed by atoms with Crippen molar-refractivity contribution in [3.05, 3.63) is 0 Å². The molecule has 1 nitrogen and oxygen atoms in total. The molecule has 0 heterocycles. The topological polar surface area (TPSA) is 26.0 Å². The number of thioether (sulfide) groups is 1. The SMILES string of the molecule is CC(C)SCC(N)C1CCC(C)C(C)C1. The van der Waals surface area contributed by atoms with E-state index in [9.17, 15) is 0 Å². The Morgan fingerprint density at radius 1 is 1.20 bits per heavy atom. The molecule has 1 aliphatic carbocycles. The summed E-state index contributed by atoms with van der Waals surface area (Å²) in [4.78, 5) is 0. The van der Waals surface area contributed by atoms with Crippen LogP contribution in [0.2, 0.25) is 0 Å². The molecule has 0 spiro atoms. The van der Waals surface area contributed by atoms with Gasteiger partial charge in [0.25, 0.3) is 0 Å². The molecule has 2 heteroatoms. The van der Waals surface area contributed by atoms with Crippen LogP contribution in [-0.2, 0) is 0 Å². The Morgan fingerprint density at radius 2 is 1.87 bits per heavy atom. The number of hydrogen-bond donors (Lipinski definition) is 1. The molecular weight excluding hydrogens is 202 g/mol. The van der Waals surface area contributed by atoms with Gasteiger partial charge in [-0.25, -0.2) is 0 Å². The van der Waals surface area contributed by atoms with Gasteiger partial charge >= 0.3 is 0 Å². The average molecular weight is 229 g/mol. The summed E-state index contributed by atoms with van der Waals surface area (Å²) in [6.07, 6.45) is 4.08. The molecule has 0 aromatic rings. The summed E-state index contributed by atoms with van der Waals surface area (Å²) in [5.41, 5.74) is 6.28. The third-order valence-corrected chi connectivity index (χ3v) is 5.11. The fourth-order valence-electron chi connectivity index (χ4n) is 2.42. The normalized spacial score (nSPS) is 34.4. The van der Waals surface area contributed by atoms with E-state index < -0.39 is 0 Å². The zero-order valence-corrected chi connectivity index (χ0v) is 11.5. The number of hydrogen-bond acceptors (Lipinski definition) is 2. The molecule has 90 valence electrons. The second-order valence-electron chi connectivity index (χ2n) is 5.57. The van der Waals surface area contributed by atoms with Crippen molar-refractivity contribution in [2.75, 3.05) is 5.75 Å². The molecule has 0 bridgehead atoms.